The van der Waals surface area contributed by atoms with Gasteiger partial charge in [0, 0.05) is 0 Å². The van der Waals surface area contributed by atoms with Crippen LogP contribution < -0.4 is 10.1 Å². The summed E-state index contributed by atoms with van der Waals surface area (Å²) in [5.41, 5.74) is 1.11. The van der Waals surface area contributed by atoms with Crippen molar-refractivity contribution in [3.8, 4) is 22.9 Å². The van der Waals surface area contributed by atoms with E-state index in [-0.39, 0.29) is 12.5 Å². The van der Waals surface area contributed by atoms with E-state index in [1.165, 1.54) is 0 Å². The molecule has 0 bridgehead atoms. The second-order valence-corrected chi connectivity index (χ2v) is 6.86. The third kappa shape index (κ3) is 5.85. The lowest BCUT2D eigenvalue weighted by atomic mass is 9.90. The van der Waals surface area contributed by atoms with E-state index in [9.17, 15) is 14.9 Å². The minimum atomic E-state index is -1.01. The topological polar surface area (TPSA) is 88.4 Å². The Morgan fingerprint density at radius 3 is 2.21 bits per heavy atom. The van der Waals surface area contributed by atoms with Gasteiger partial charge in [0.05, 0.1) is 6.07 Å². The molecule has 0 saturated heterocycles. The van der Waals surface area contributed by atoms with Crippen LogP contribution in [0.4, 0.5) is 0 Å². The van der Waals surface area contributed by atoms with Gasteiger partial charge in [-0.2, -0.15) is 5.26 Å². The smallest absolute Gasteiger partial charge is 0.344 e. The molecule has 0 aromatic heterocycles. The fourth-order valence-electron chi connectivity index (χ4n) is 2.33. The fraction of sp³-hybridized carbons (Fsp3) is 0.318. The average Bonchev–Trinajstić information content (AvgIpc) is 2.71. The molecule has 1 N–H and O–H groups in total. The summed E-state index contributed by atoms with van der Waals surface area (Å²) in [6, 6.07) is 19.3. The van der Waals surface area contributed by atoms with E-state index in [1.807, 2.05) is 56.3 Å². The van der Waals surface area contributed by atoms with E-state index >= 15 is 0 Å². The van der Waals surface area contributed by atoms with Crippen molar-refractivity contribution in [3.05, 3.63) is 54.6 Å². The standard InChI is InChI=1S/C22H24N2O4/c1-16(2)22(3,15-23)24-20(25)13-28-21(26)14-27-19-11-9-18(10-12-19)17-7-5-4-6-8-17/h4-12,16H,13-14H2,1-3H3,(H,24,25)/t22-/m0/s1. The van der Waals surface area contributed by atoms with E-state index in [0.29, 0.717) is 5.75 Å². The van der Waals surface area contributed by atoms with Gasteiger partial charge in [0.2, 0.25) is 0 Å². The zero-order valence-electron chi connectivity index (χ0n) is 16.3. The van der Waals surface area contributed by atoms with Gasteiger partial charge in [-0.05, 0) is 36.1 Å². The highest BCUT2D eigenvalue weighted by Gasteiger charge is 2.30. The normalized spacial score (nSPS) is 12.5. The number of rotatable bonds is 8. The number of hydrogen-bond acceptors (Lipinski definition) is 5. The molecule has 0 saturated carbocycles. The van der Waals surface area contributed by atoms with Gasteiger partial charge in [-0.15, -0.1) is 0 Å². The summed E-state index contributed by atoms with van der Waals surface area (Å²) >= 11 is 0. The zero-order valence-corrected chi connectivity index (χ0v) is 16.3. The van der Waals surface area contributed by atoms with E-state index in [1.54, 1.807) is 19.1 Å². The first-order chi connectivity index (χ1) is 13.3. The molecule has 6 heteroatoms. The highest BCUT2D eigenvalue weighted by atomic mass is 16.6. The van der Waals surface area contributed by atoms with Crippen molar-refractivity contribution in [1.29, 1.82) is 5.26 Å². The Bertz CT molecular complexity index is 841. The molecule has 146 valence electrons. The Morgan fingerprint density at radius 2 is 1.64 bits per heavy atom. The SMILES string of the molecule is CC(C)[C@](C)(C#N)NC(=O)COC(=O)COc1ccc(-c2ccccc2)cc1. The van der Waals surface area contributed by atoms with Crippen molar-refractivity contribution in [2.75, 3.05) is 13.2 Å². The summed E-state index contributed by atoms with van der Waals surface area (Å²) in [6.45, 7) is 4.51. The van der Waals surface area contributed by atoms with Crippen LogP contribution >= 0.6 is 0 Å². The van der Waals surface area contributed by atoms with Crippen LogP contribution in [0, 0.1) is 17.2 Å². The van der Waals surface area contributed by atoms with Crippen molar-refractivity contribution in [2.24, 2.45) is 5.92 Å². The summed E-state index contributed by atoms with van der Waals surface area (Å²) < 4.78 is 10.3. The predicted molar refractivity (Wildman–Crippen MR) is 105 cm³/mol. The molecule has 0 aliphatic rings. The molecule has 1 amide bonds. The number of nitrogens with zero attached hydrogens (tertiary/aromatic N) is 1. The molecule has 0 fully saturated rings. The van der Waals surface area contributed by atoms with Crippen molar-refractivity contribution in [2.45, 2.75) is 26.3 Å². The van der Waals surface area contributed by atoms with Gasteiger partial charge in [0.15, 0.2) is 13.2 Å². The van der Waals surface area contributed by atoms with Crippen LogP contribution in [0.25, 0.3) is 11.1 Å². The largest absolute Gasteiger partial charge is 0.482 e. The molecule has 0 heterocycles. The van der Waals surface area contributed by atoms with Gasteiger partial charge < -0.3 is 14.8 Å². The third-order valence-corrected chi connectivity index (χ3v) is 4.47. The summed E-state index contributed by atoms with van der Waals surface area (Å²) in [6.07, 6.45) is 0. The Labute approximate surface area is 165 Å². The van der Waals surface area contributed by atoms with Gasteiger partial charge in [-0.25, -0.2) is 4.79 Å². The van der Waals surface area contributed by atoms with Gasteiger partial charge in [0.25, 0.3) is 5.91 Å². The highest BCUT2D eigenvalue weighted by Crippen LogP contribution is 2.22. The molecule has 28 heavy (non-hydrogen) atoms. The predicted octanol–water partition coefficient (Wildman–Crippen LogP) is 3.33. The molecule has 1 atom stereocenters. The number of ether oxygens (including phenoxy) is 2. The molecular weight excluding hydrogens is 356 g/mol. The first kappa shape index (κ1) is 21.0. The molecule has 0 aliphatic carbocycles. The van der Waals surface area contributed by atoms with Crippen LogP contribution in [0.15, 0.2) is 54.6 Å². The summed E-state index contributed by atoms with van der Waals surface area (Å²) in [5.74, 6) is -0.749. The average molecular weight is 380 g/mol. The molecular formula is C22H24N2O4. The number of amides is 1. The second kappa shape index (κ2) is 9.56. The van der Waals surface area contributed by atoms with Crippen molar-refractivity contribution < 1.29 is 19.1 Å². The number of benzene rings is 2. The van der Waals surface area contributed by atoms with Crippen molar-refractivity contribution in [3.63, 3.8) is 0 Å². The van der Waals surface area contributed by atoms with Gasteiger partial charge in [0.1, 0.15) is 11.3 Å². The van der Waals surface area contributed by atoms with Gasteiger partial charge in [-0.1, -0.05) is 56.3 Å². The Balaban J connectivity index is 1.78. The molecule has 0 aliphatic heterocycles. The molecule has 0 unspecified atom stereocenters. The monoisotopic (exact) mass is 380 g/mol. The molecule has 2 aromatic carbocycles. The van der Waals surface area contributed by atoms with Crippen LogP contribution in [0.5, 0.6) is 5.75 Å². The Kier molecular flexibility index (Phi) is 7.16. The summed E-state index contributed by atoms with van der Waals surface area (Å²) in [4.78, 5) is 23.7. The molecule has 2 aromatic rings. The van der Waals surface area contributed by atoms with Crippen LogP contribution in [0.3, 0.4) is 0 Å². The summed E-state index contributed by atoms with van der Waals surface area (Å²) in [7, 11) is 0. The highest BCUT2D eigenvalue weighted by molar-refractivity contribution is 5.81. The summed E-state index contributed by atoms with van der Waals surface area (Å²) in [5, 5.41) is 11.8. The van der Waals surface area contributed by atoms with Crippen molar-refractivity contribution in [1.82, 2.24) is 5.32 Å². The maximum Gasteiger partial charge on any atom is 0.344 e. The Hall–Kier alpha value is -3.33. The number of hydrogen-bond donors (Lipinski definition) is 1. The third-order valence-electron chi connectivity index (χ3n) is 4.47. The quantitative estimate of drug-likeness (QED) is 0.710. The van der Waals surface area contributed by atoms with E-state index in [0.717, 1.165) is 11.1 Å². The van der Waals surface area contributed by atoms with Gasteiger partial charge in [-0.3, -0.25) is 4.79 Å². The fourth-order valence-corrected chi connectivity index (χ4v) is 2.33. The lowest BCUT2D eigenvalue weighted by Gasteiger charge is -2.27. The maximum absolute atomic E-state index is 11.9. The van der Waals surface area contributed by atoms with Crippen LogP contribution in [0.1, 0.15) is 20.8 Å². The van der Waals surface area contributed by atoms with Crippen molar-refractivity contribution >= 4 is 11.9 Å². The number of carbonyl (C=O) groups excluding carboxylic acids is 2. The minimum absolute atomic E-state index is 0.0839. The molecule has 0 spiro atoms. The number of esters is 1. The van der Waals surface area contributed by atoms with E-state index < -0.39 is 24.0 Å². The lowest BCUT2D eigenvalue weighted by molar-refractivity contribution is -0.150. The number of nitriles is 1. The van der Waals surface area contributed by atoms with Crippen LogP contribution in [-0.2, 0) is 14.3 Å². The van der Waals surface area contributed by atoms with E-state index in [4.69, 9.17) is 9.47 Å². The Morgan fingerprint density at radius 1 is 1.04 bits per heavy atom. The van der Waals surface area contributed by atoms with Crippen LogP contribution in [-0.4, -0.2) is 30.6 Å². The first-order valence-electron chi connectivity index (χ1n) is 9.00. The molecule has 2 rings (SSSR count). The zero-order chi connectivity index (χ0) is 20.6. The molecule has 0 radical (unpaired) electrons. The number of nitrogens with one attached hydrogen (secondary N) is 1. The number of carbonyl (C=O) groups is 2. The second-order valence-electron chi connectivity index (χ2n) is 6.86. The molecule has 6 nitrogen and oxygen atoms in total. The van der Waals surface area contributed by atoms with Gasteiger partial charge >= 0.3 is 5.97 Å². The minimum Gasteiger partial charge on any atom is -0.482 e. The lowest BCUT2D eigenvalue weighted by Crippen LogP contribution is -2.50. The van der Waals surface area contributed by atoms with Crippen LogP contribution in [0.2, 0.25) is 0 Å². The van der Waals surface area contributed by atoms with E-state index in [2.05, 4.69) is 11.4 Å². The maximum atomic E-state index is 11.9. The first-order valence-corrected chi connectivity index (χ1v) is 9.00.